The van der Waals surface area contributed by atoms with Crippen LogP contribution in [0.4, 0.5) is 0 Å². The van der Waals surface area contributed by atoms with Crippen molar-refractivity contribution < 1.29 is 28.5 Å². The number of hydrogen-bond donors (Lipinski definition) is 0. The number of carbonyl (C=O) groups excluding carboxylic acids is 1. The van der Waals surface area contributed by atoms with Crippen LogP contribution >= 0.6 is 0 Å². The topological polar surface area (TPSA) is 63.2 Å². The fourth-order valence-corrected chi connectivity index (χ4v) is 5.15. The molecule has 0 aromatic heterocycles. The Balaban J connectivity index is 1.52. The second-order valence-corrected chi connectivity index (χ2v) is 8.09. The monoisotopic (exact) mass is 430 g/mol. The van der Waals surface area contributed by atoms with E-state index in [9.17, 15) is 4.79 Å². The molecular weight excluding hydrogens is 408 g/mol. The highest BCUT2D eigenvalue weighted by Gasteiger charge is 2.47. The normalized spacial score (nSPS) is 22.0. The number of ether oxygens (including phenoxy) is 5. The van der Waals surface area contributed by atoms with Gasteiger partial charge in [0.2, 0.25) is 13.6 Å². The maximum Gasteiger partial charge on any atom is 0.310 e. The Labute approximate surface area is 185 Å². The Hall–Kier alpha value is -3.67. The van der Waals surface area contributed by atoms with E-state index in [1.165, 1.54) is 0 Å². The zero-order valence-electron chi connectivity index (χ0n) is 17.6. The summed E-state index contributed by atoms with van der Waals surface area (Å²) in [6, 6.07) is 20.1. The van der Waals surface area contributed by atoms with Crippen molar-refractivity contribution in [2.75, 3.05) is 20.2 Å². The Bertz CT molecular complexity index is 1120. The van der Waals surface area contributed by atoms with E-state index in [4.69, 9.17) is 23.7 Å². The molecule has 2 heterocycles. The van der Waals surface area contributed by atoms with E-state index in [1.54, 1.807) is 0 Å². The highest BCUT2D eigenvalue weighted by atomic mass is 16.7. The van der Waals surface area contributed by atoms with E-state index in [0.29, 0.717) is 18.1 Å². The summed E-state index contributed by atoms with van der Waals surface area (Å²) in [6.45, 7) is 2.58. The second-order valence-electron chi connectivity index (χ2n) is 8.09. The largest absolute Gasteiger partial charge is 0.466 e. The molecule has 3 aliphatic rings. The van der Waals surface area contributed by atoms with Crippen LogP contribution in [0, 0.1) is 5.92 Å². The van der Waals surface area contributed by atoms with Crippen LogP contribution in [0.15, 0.2) is 60.7 Å². The van der Waals surface area contributed by atoms with Crippen LogP contribution in [-0.4, -0.2) is 26.2 Å². The zero-order valence-corrected chi connectivity index (χ0v) is 17.6. The summed E-state index contributed by atoms with van der Waals surface area (Å²) in [7, 11) is 0. The fourth-order valence-electron chi connectivity index (χ4n) is 5.15. The van der Waals surface area contributed by atoms with Crippen LogP contribution in [-0.2, 0) is 9.53 Å². The number of benzene rings is 3. The van der Waals surface area contributed by atoms with Crippen LogP contribution in [0.5, 0.6) is 23.0 Å². The molecule has 1 unspecified atom stereocenters. The van der Waals surface area contributed by atoms with Crippen molar-refractivity contribution >= 4 is 5.97 Å². The minimum absolute atomic E-state index is 0.171. The summed E-state index contributed by atoms with van der Waals surface area (Å²) < 4.78 is 27.8. The third-order valence-corrected chi connectivity index (χ3v) is 6.45. The van der Waals surface area contributed by atoms with Crippen LogP contribution < -0.4 is 18.9 Å². The molecule has 6 rings (SSSR count). The van der Waals surface area contributed by atoms with Gasteiger partial charge in [-0.05, 0) is 53.4 Å². The van der Waals surface area contributed by atoms with Gasteiger partial charge in [-0.2, -0.15) is 0 Å². The first-order valence-corrected chi connectivity index (χ1v) is 10.8. The maximum atomic E-state index is 13.4. The van der Waals surface area contributed by atoms with Crippen molar-refractivity contribution in [2.24, 2.45) is 5.92 Å². The number of esters is 1. The lowest BCUT2D eigenvalue weighted by Gasteiger charge is -2.25. The molecule has 0 bridgehead atoms. The van der Waals surface area contributed by atoms with Gasteiger partial charge in [0.05, 0.1) is 12.5 Å². The molecule has 0 spiro atoms. The van der Waals surface area contributed by atoms with Gasteiger partial charge < -0.3 is 23.7 Å². The third kappa shape index (κ3) is 2.90. The van der Waals surface area contributed by atoms with Crippen molar-refractivity contribution in [2.45, 2.75) is 18.8 Å². The molecule has 32 heavy (non-hydrogen) atoms. The number of fused-ring (bicyclic) bond motifs is 3. The van der Waals surface area contributed by atoms with Crippen molar-refractivity contribution in [3.05, 3.63) is 82.9 Å². The first-order valence-electron chi connectivity index (χ1n) is 10.8. The Morgan fingerprint density at radius 3 is 1.78 bits per heavy atom. The molecule has 3 aromatic carbocycles. The predicted molar refractivity (Wildman–Crippen MR) is 115 cm³/mol. The standard InChI is InChI=1S/C26H22O6/c1-2-28-26(27)25-23(15-7-9-19-21(11-15)31-13-29-19)17-5-3-4-6-18(17)24(25)16-8-10-20-22(12-16)32-14-30-20/h3-12,23-25H,2,13-14H2,1H3/t23-,24+,25?. The highest BCUT2D eigenvalue weighted by Crippen LogP contribution is 2.54. The van der Waals surface area contributed by atoms with Gasteiger partial charge in [-0.25, -0.2) is 0 Å². The molecule has 0 N–H and O–H groups in total. The molecule has 0 radical (unpaired) electrons. The molecule has 1 aliphatic carbocycles. The smallest absolute Gasteiger partial charge is 0.310 e. The summed E-state index contributed by atoms with van der Waals surface area (Å²) in [5, 5.41) is 0. The Morgan fingerprint density at radius 2 is 1.28 bits per heavy atom. The van der Waals surface area contributed by atoms with E-state index >= 15 is 0 Å². The summed E-state index contributed by atoms with van der Waals surface area (Å²) in [5.74, 6) is 1.87. The van der Waals surface area contributed by atoms with E-state index < -0.39 is 5.92 Å². The number of hydrogen-bond acceptors (Lipinski definition) is 6. The van der Waals surface area contributed by atoms with Gasteiger partial charge >= 0.3 is 5.97 Å². The molecule has 3 atom stereocenters. The first kappa shape index (κ1) is 19.0. The van der Waals surface area contributed by atoms with Crippen molar-refractivity contribution in [3.63, 3.8) is 0 Å². The molecule has 6 heteroatoms. The SMILES string of the molecule is CCOC(=O)C1[C@H](c2ccc3c(c2)OCO3)c2ccccc2[C@@H]1c1ccc2c(c1)OCO2. The average molecular weight is 430 g/mol. The first-order chi connectivity index (χ1) is 15.7. The molecular formula is C26H22O6. The predicted octanol–water partition coefficient (Wildman–Crippen LogP) is 4.60. The van der Waals surface area contributed by atoms with Crippen molar-refractivity contribution in [1.29, 1.82) is 0 Å². The minimum atomic E-state index is -0.423. The van der Waals surface area contributed by atoms with E-state index in [-0.39, 0.29) is 31.4 Å². The molecule has 0 saturated heterocycles. The summed E-state index contributed by atoms with van der Waals surface area (Å²) in [4.78, 5) is 13.4. The Morgan fingerprint density at radius 1 is 0.781 bits per heavy atom. The molecule has 0 fully saturated rings. The van der Waals surface area contributed by atoms with Crippen molar-refractivity contribution in [3.8, 4) is 23.0 Å². The summed E-state index contributed by atoms with van der Waals surface area (Å²) in [6.07, 6.45) is 0. The molecule has 0 saturated carbocycles. The van der Waals surface area contributed by atoms with E-state index in [1.807, 2.05) is 55.5 Å². The lowest BCUT2D eigenvalue weighted by atomic mass is 9.79. The van der Waals surface area contributed by atoms with Crippen LogP contribution in [0.1, 0.15) is 41.0 Å². The van der Waals surface area contributed by atoms with Crippen molar-refractivity contribution in [1.82, 2.24) is 0 Å². The van der Waals surface area contributed by atoms with Gasteiger partial charge in [0, 0.05) is 11.8 Å². The van der Waals surface area contributed by atoms with Gasteiger partial charge in [-0.3, -0.25) is 4.79 Å². The number of carbonyl (C=O) groups is 1. The van der Waals surface area contributed by atoms with Gasteiger partial charge in [0.15, 0.2) is 23.0 Å². The van der Waals surface area contributed by atoms with E-state index in [0.717, 1.165) is 33.8 Å². The molecule has 162 valence electrons. The summed E-state index contributed by atoms with van der Waals surface area (Å²) in [5.41, 5.74) is 4.24. The molecule has 3 aromatic rings. The molecule has 2 aliphatic heterocycles. The average Bonchev–Trinajstić information content (AvgIpc) is 3.54. The lowest BCUT2D eigenvalue weighted by molar-refractivity contribution is -0.148. The zero-order chi connectivity index (χ0) is 21.7. The maximum absolute atomic E-state index is 13.4. The summed E-state index contributed by atoms with van der Waals surface area (Å²) >= 11 is 0. The van der Waals surface area contributed by atoms with Gasteiger partial charge in [0.1, 0.15) is 0 Å². The van der Waals surface area contributed by atoms with Crippen LogP contribution in [0.25, 0.3) is 0 Å². The molecule has 0 amide bonds. The van der Waals surface area contributed by atoms with Gasteiger partial charge in [-0.15, -0.1) is 0 Å². The highest BCUT2D eigenvalue weighted by molar-refractivity contribution is 5.79. The van der Waals surface area contributed by atoms with Crippen LogP contribution in [0.2, 0.25) is 0 Å². The van der Waals surface area contributed by atoms with E-state index in [2.05, 4.69) is 12.1 Å². The third-order valence-electron chi connectivity index (χ3n) is 6.45. The molecule has 6 nitrogen and oxygen atoms in total. The van der Waals surface area contributed by atoms with Gasteiger partial charge in [0.25, 0.3) is 0 Å². The van der Waals surface area contributed by atoms with Gasteiger partial charge in [-0.1, -0.05) is 36.4 Å². The lowest BCUT2D eigenvalue weighted by Crippen LogP contribution is -2.26. The quantitative estimate of drug-likeness (QED) is 0.564. The Kier molecular flexibility index (Phi) is 4.45. The minimum Gasteiger partial charge on any atom is -0.466 e. The van der Waals surface area contributed by atoms with Crippen LogP contribution in [0.3, 0.4) is 0 Å². The fraction of sp³-hybridized carbons (Fsp3) is 0.269. The number of rotatable bonds is 4. The second kappa shape index (κ2) is 7.48.